The second kappa shape index (κ2) is 10.8. The van der Waals surface area contributed by atoms with Crippen LogP contribution in [-0.4, -0.2) is 70.0 Å². The number of hydrazine groups is 1. The number of fused-ring (bicyclic) bond motifs is 1. The molecule has 0 saturated carbocycles. The second-order valence-corrected chi connectivity index (χ2v) is 10.2. The number of hydrogen-bond acceptors (Lipinski definition) is 4. The van der Waals surface area contributed by atoms with E-state index in [0.717, 1.165) is 22.0 Å². The lowest BCUT2D eigenvalue weighted by atomic mass is 9.92. The normalized spacial score (nSPS) is 21.7. The molecule has 35 heavy (non-hydrogen) atoms. The van der Waals surface area contributed by atoms with Gasteiger partial charge in [0.1, 0.15) is 12.2 Å². The van der Waals surface area contributed by atoms with Crippen LogP contribution in [0.15, 0.2) is 59.1 Å². The monoisotopic (exact) mass is 541 g/mol. The highest BCUT2D eigenvalue weighted by Crippen LogP contribution is 2.31. The molecule has 3 atom stereocenters. The van der Waals surface area contributed by atoms with E-state index in [1.807, 2.05) is 68.4 Å². The smallest absolute Gasteiger partial charge is 0.333 e. The largest absolute Gasteiger partial charge is 0.334 e. The number of rotatable bonds is 6. The summed E-state index contributed by atoms with van der Waals surface area (Å²) in [5, 5.41) is 6.24. The number of carbonyl (C=O) groups is 3. The fourth-order valence-electron chi connectivity index (χ4n) is 4.85. The Morgan fingerprint density at radius 2 is 1.83 bits per heavy atom. The molecule has 2 saturated heterocycles. The molecular weight excluding hydrogens is 510 g/mol. The summed E-state index contributed by atoms with van der Waals surface area (Å²) in [6.45, 7) is 5.08. The third-order valence-electron chi connectivity index (χ3n) is 6.81. The lowest BCUT2D eigenvalue weighted by Crippen LogP contribution is -2.76. The number of piperazine rings is 1. The van der Waals surface area contributed by atoms with Crippen molar-refractivity contribution in [3.63, 3.8) is 0 Å². The van der Waals surface area contributed by atoms with Gasteiger partial charge < -0.3 is 15.1 Å². The summed E-state index contributed by atoms with van der Waals surface area (Å²) >= 11 is 3.50. The zero-order valence-electron chi connectivity index (χ0n) is 20.4. The Morgan fingerprint density at radius 3 is 2.51 bits per heavy atom. The highest BCUT2D eigenvalue weighted by molar-refractivity contribution is 9.10. The Morgan fingerprint density at radius 1 is 1.11 bits per heavy atom. The molecule has 2 aromatic carbocycles. The van der Waals surface area contributed by atoms with Gasteiger partial charge in [0.15, 0.2) is 0 Å². The molecule has 2 fully saturated rings. The molecule has 2 aliphatic heterocycles. The molecule has 0 spiro atoms. The molecule has 4 amide bonds. The zero-order valence-corrected chi connectivity index (χ0v) is 21.9. The van der Waals surface area contributed by atoms with Crippen molar-refractivity contribution in [2.24, 2.45) is 5.92 Å². The number of amides is 4. The minimum Gasteiger partial charge on any atom is -0.333 e. The fraction of sp³-hybridized carbons (Fsp3) is 0.423. The van der Waals surface area contributed by atoms with Crippen LogP contribution >= 0.6 is 15.9 Å². The van der Waals surface area contributed by atoms with Crippen molar-refractivity contribution in [3.8, 4) is 0 Å². The van der Waals surface area contributed by atoms with Crippen LogP contribution in [0.4, 0.5) is 4.79 Å². The first-order valence-electron chi connectivity index (χ1n) is 12.0. The molecule has 2 heterocycles. The Balaban J connectivity index is 1.63. The van der Waals surface area contributed by atoms with E-state index in [1.54, 1.807) is 26.9 Å². The van der Waals surface area contributed by atoms with Gasteiger partial charge in [0.2, 0.25) is 11.8 Å². The Labute approximate surface area is 214 Å². The summed E-state index contributed by atoms with van der Waals surface area (Å²) in [6, 6.07) is 16.6. The fourth-order valence-corrected chi connectivity index (χ4v) is 5.29. The quantitative estimate of drug-likeness (QED) is 0.607. The molecular formula is C26H32BrN5O3. The zero-order chi connectivity index (χ0) is 25.1. The van der Waals surface area contributed by atoms with Gasteiger partial charge in [0.25, 0.3) is 0 Å². The minimum atomic E-state index is -0.614. The molecule has 8 nitrogen and oxygen atoms in total. The number of nitrogens with zero attached hydrogens (tertiary/aromatic N) is 4. The molecule has 186 valence electrons. The van der Waals surface area contributed by atoms with Crippen molar-refractivity contribution in [1.82, 2.24) is 25.1 Å². The lowest BCUT2D eigenvalue weighted by Gasteiger charge is -2.55. The van der Waals surface area contributed by atoms with E-state index in [-0.39, 0.29) is 36.9 Å². The highest BCUT2D eigenvalue weighted by Gasteiger charge is 2.51. The number of hydrogen-bond donors (Lipinski definition) is 1. The van der Waals surface area contributed by atoms with Crippen LogP contribution in [0.25, 0.3) is 0 Å². The van der Waals surface area contributed by atoms with Gasteiger partial charge in [-0.2, -0.15) is 0 Å². The van der Waals surface area contributed by atoms with Gasteiger partial charge in [-0.3, -0.25) is 9.59 Å². The van der Waals surface area contributed by atoms with Crippen LogP contribution in [-0.2, 0) is 22.7 Å². The Hall–Kier alpha value is -2.91. The number of nitrogens with one attached hydrogen (secondary N) is 1. The lowest BCUT2D eigenvalue weighted by molar-refractivity contribution is -0.190. The van der Waals surface area contributed by atoms with E-state index in [9.17, 15) is 14.4 Å². The molecule has 2 aliphatic rings. The SMILES string of the molecule is CCC(C)[C@H]1C(=O)N(Cc2cccc(Br)c2)C[C@H]2N1C(=O)CN(C)N2C(=O)NCc1ccccc1. The summed E-state index contributed by atoms with van der Waals surface area (Å²) in [6.07, 6.45) is 0.161. The molecule has 4 rings (SSSR count). The number of carbonyl (C=O) groups excluding carboxylic acids is 3. The number of urea groups is 1. The van der Waals surface area contributed by atoms with Crippen molar-refractivity contribution < 1.29 is 14.4 Å². The van der Waals surface area contributed by atoms with Crippen molar-refractivity contribution in [2.45, 2.75) is 45.6 Å². The maximum Gasteiger partial charge on any atom is 0.334 e. The molecule has 1 unspecified atom stereocenters. The first-order chi connectivity index (χ1) is 16.8. The Kier molecular flexibility index (Phi) is 7.76. The van der Waals surface area contributed by atoms with Crippen molar-refractivity contribution >= 4 is 33.8 Å². The van der Waals surface area contributed by atoms with Crippen LogP contribution in [0, 0.1) is 5.92 Å². The van der Waals surface area contributed by atoms with Gasteiger partial charge >= 0.3 is 6.03 Å². The molecule has 1 N–H and O–H groups in total. The van der Waals surface area contributed by atoms with Crippen LogP contribution in [0.2, 0.25) is 0 Å². The van der Waals surface area contributed by atoms with Gasteiger partial charge in [-0.05, 0) is 29.2 Å². The maximum absolute atomic E-state index is 13.7. The molecule has 0 radical (unpaired) electrons. The summed E-state index contributed by atoms with van der Waals surface area (Å²) in [4.78, 5) is 43.7. The van der Waals surface area contributed by atoms with E-state index in [2.05, 4.69) is 21.2 Å². The summed E-state index contributed by atoms with van der Waals surface area (Å²) in [7, 11) is 1.74. The summed E-state index contributed by atoms with van der Waals surface area (Å²) in [5.41, 5.74) is 1.97. The predicted octanol–water partition coefficient (Wildman–Crippen LogP) is 3.43. The van der Waals surface area contributed by atoms with E-state index in [1.165, 1.54) is 0 Å². The van der Waals surface area contributed by atoms with Crippen molar-refractivity contribution in [1.29, 1.82) is 0 Å². The summed E-state index contributed by atoms with van der Waals surface area (Å²) < 4.78 is 0.939. The highest BCUT2D eigenvalue weighted by atomic mass is 79.9. The van der Waals surface area contributed by atoms with E-state index >= 15 is 0 Å². The molecule has 2 aromatic rings. The van der Waals surface area contributed by atoms with Gasteiger partial charge in [0, 0.05) is 24.6 Å². The second-order valence-electron chi connectivity index (χ2n) is 9.27. The van der Waals surface area contributed by atoms with E-state index < -0.39 is 12.2 Å². The van der Waals surface area contributed by atoms with Crippen LogP contribution in [0.3, 0.4) is 0 Å². The van der Waals surface area contributed by atoms with Crippen molar-refractivity contribution in [2.75, 3.05) is 20.1 Å². The third kappa shape index (κ3) is 5.36. The number of likely N-dealkylation sites (N-methyl/N-ethyl adjacent to an activating group) is 1. The average Bonchev–Trinajstić information content (AvgIpc) is 2.84. The van der Waals surface area contributed by atoms with Crippen LogP contribution < -0.4 is 5.32 Å². The van der Waals surface area contributed by atoms with Gasteiger partial charge in [-0.25, -0.2) is 14.8 Å². The van der Waals surface area contributed by atoms with Gasteiger partial charge in [-0.15, -0.1) is 0 Å². The average molecular weight is 542 g/mol. The van der Waals surface area contributed by atoms with Gasteiger partial charge in [-0.1, -0.05) is 78.7 Å². The third-order valence-corrected chi connectivity index (χ3v) is 7.30. The molecule has 0 aliphatic carbocycles. The number of halogens is 1. The first-order valence-corrected chi connectivity index (χ1v) is 12.8. The predicted molar refractivity (Wildman–Crippen MR) is 137 cm³/mol. The van der Waals surface area contributed by atoms with Crippen LogP contribution in [0.1, 0.15) is 31.4 Å². The molecule has 0 bridgehead atoms. The molecule has 9 heteroatoms. The van der Waals surface area contributed by atoms with E-state index in [4.69, 9.17) is 0 Å². The van der Waals surface area contributed by atoms with E-state index in [0.29, 0.717) is 13.1 Å². The number of benzene rings is 2. The van der Waals surface area contributed by atoms with Gasteiger partial charge in [0.05, 0.1) is 13.1 Å². The van der Waals surface area contributed by atoms with Crippen molar-refractivity contribution in [3.05, 3.63) is 70.2 Å². The maximum atomic E-state index is 13.7. The minimum absolute atomic E-state index is 0.0428. The standard InChI is InChI=1S/C26H32BrN5O3/c1-4-18(2)24-25(34)30(15-20-11-8-12-21(27)13-20)16-22-31(24)23(33)17-29(3)32(22)26(35)28-14-19-9-6-5-7-10-19/h5-13,18,22,24H,4,14-17H2,1-3H3,(H,28,35)/t18?,22-,24-/m0/s1. The first kappa shape index (κ1) is 25.2. The Bertz CT molecular complexity index is 1080. The van der Waals surface area contributed by atoms with Crippen LogP contribution in [0.5, 0.6) is 0 Å². The summed E-state index contributed by atoms with van der Waals surface area (Å²) in [5.74, 6) is -0.250. The molecule has 0 aromatic heterocycles. The topological polar surface area (TPSA) is 76.2 Å².